The van der Waals surface area contributed by atoms with E-state index in [1.54, 1.807) is 0 Å². The van der Waals surface area contributed by atoms with E-state index in [0.29, 0.717) is 0 Å². The fraction of sp³-hybridized carbons (Fsp3) is 0.526. The van der Waals surface area contributed by atoms with Gasteiger partial charge in [0.15, 0.2) is 23.9 Å². The van der Waals surface area contributed by atoms with Gasteiger partial charge < -0.3 is 55.9 Å². The van der Waals surface area contributed by atoms with Crippen molar-refractivity contribution < 1.29 is 49.0 Å². The number of ether oxygens (including phenoxy) is 2. The van der Waals surface area contributed by atoms with Crippen molar-refractivity contribution in [2.75, 3.05) is 24.7 Å². The van der Waals surface area contributed by atoms with Crippen molar-refractivity contribution in [3.8, 4) is 0 Å². The molecule has 2 aliphatic rings. The number of imidazole rings is 1. The Morgan fingerprint density at radius 1 is 1.10 bits per heavy atom. The van der Waals surface area contributed by atoms with Crippen LogP contribution in [0, 0.1) is 0 Å². The van der Waals surface area contributed by atoms with Gasteiger partial charge in [-0.25, -0.2) is 19.7 Å². The number of hydrogen-bond donors (Lipinski definition) is 8. The van der Waals surface area contributed by atoms with Crippen molar-refractivity contribution in [2.24, 2.45) is 0 Å². The summed E-state index contributed by atoms with van der Waals surface area (Å²) >= 11 is 0. The fourth-order valence-electron chi connectivity index (χ4n) is 4.54. The molecule has 212 valence electrons. The molecule has 10 N–H and O–H groups in total. The average molecular weight is 572 g/mol. The van der Waals surface area contributed by atoms with Gasteiger partial charge >= 0.3 is 13.3 Å². The smallest absolute Gasteiger partial charge is 0.365 e. The Balaban J connectivity index is 1.36. The Morgan fingerprint density at radius 3 is 2.54 bits per heavy atom. The van der Waals surface area contributed by atoms with Gasteiger partial charge in [0.25, 0.3) is 0 Å². The molecule has 0 amide bonds. The molecule has 0 aromatic carbocycles. The molecule has 39 heavy (non-hydrogen) atoms. The summed E-state index contributed by atoms with van der Waals surface area (Å²) in [4.78, 5) is 38.2. The van der Waals surface area contributed by atoms with Gasteiger partial charge in [0, 0.05) is 6.20 Å². The van der Waals surface area contributed by atoms with E-state index in [4.69, 9.17) is 25.5 Å². The number of anilines is 2. The van der Waals surface area contributed by atoms with E-state index in [9.17, 15) is 39.8 Å². The second-order valence-corrected chi connectivity index (χ2v) is 10.9. The predicted octanol–water partition coefficient (Wildman–Crippen LogP) is -3.99. The molecule has 3 aromatic heterocycles. The third-order valence-corrected chi connectivity index (χ3v) is 8.60. The maximum atomic E-state index is 13.3. The first-order valence-electron chi connectivity index (χ1n) is 11.3. The Bertz CT molecular complexity index is 1490. The van der Waals surface area contributed by atoms with Crippen LogP contribution in [0.1, 0.15) is 12.5 Å². The number of hydrogen-bond acceptors (Lipinski definition) is 16. The molecule has 0 bridgehead atoms. The molecule has 20 heteroatoms. The van der Waals surface area contributed by atoms with Gasteiger partial charge in [-0.15, -0.1) is 0 Å². The lowest BCUT2D eigenvalue weighted by molar-refractivity contribution is -0.0710. The quantitative estimate of drug-likeness (QED) is 0.125. The first-order chi connectivity index (χ1) is 18.4. The minimum Gasteiger partial charge on any atom is -0.394 e. The van der Waals surface area contributed by atoms with Gasteiger partial charge in [0.2, 0.25) is 5.34 Å². The Labute approximate surface area is 217 Å². The predicted molar refractivity (Wildman–Crippen MR) is 126 cm³/mol. The van der Waals surface area contributed by atoms with Crippen LogP contribution < -0.4 is 17.2 Å². The molecule has 0 radical (unpaired) electrons. The highest BCUT2D eigenvalue weighted by atomic mass is 31.2. The second-order valence-electron chi connectivity index (χ2n) is 8.91. The number of fused-ring (bicyclic) bond motifs is 1. The lowest BCUT2D eigenvalue weighted by Crippen LogP contribution is -2.49. The first-order valence-corrected chi connectivity index (χ1v) is 12.9. The zero-order valence-electron chi connectivity index (χ0n) is 19.8. The lowest BCUT2D eigenvalue weighted by atomic mass is 10.1. The zero-order valence-corrected chi connectivity index (χ0v) is 20.7. The highest BCUT2D eigenvalue weighted by molar-refractivity contribution is 7.54. The summed E-state index contributed by atoms with van der Waals surface area (Å²) in [6, 6.07) is 1.25. The van der Waals surface area contributed by atoms with E-state index in [2.05, 4.69) is 19.9 Å². The average Bonchev–Trinajstić information content (AvgIpc) is 3.52. The van der Waals surface area contributed by atoms with Gasteiger partial charge in [-0.2, -0.15) is 4.98 Å². The largest absolute Gasteiger partial charge is 0.394 e. The van der Waals surface area contributed by atoms with Crippen molar-refractivity contribution >= 4 is 30.4 Å². The molecule has 2 fully saturated rings. The number of nitrogens with zero attached hydrogens (tertiary/aromatic N) is 6. The molecule has 5 heterocycles. The molecule has 19 nitrogen and oxygen atoms in total. The van der Waals surface area contributed by atoms with Crippen LogP contribution in [0.4, 0.5) is 11.6 Å². The summed E-state index contributed by atoms with van der Waals surface area (Å²) in [5.41, 5.74) is 10.5. The summed E-state index contributed by atoms with van der Waals surface area (Å²) in [6.07, 6.45) is -8.47. The molecule has 1 unspecified atom stereocenters. The van der Waals surface area contributed by atoms with E-state index < -0.39 is 74.8 Å². The highest BCUT2D eigenvalue weighted by Gasteiger charge is 2.67. The number of nitrogen functional groups attached to an aromatic ring is 2. The molecule has 5 rings (SSSR count). The van der Waals surface area contributed by atoms with Crippen LogP contribution in [0.25, 0.3) is 11.2 Å². The van der Waals surface area contributed by atoms with Gasteiger partial charge in [-0.05, 0) is 6.07 Å². The molecule has 0 aliphatic carbocycles. The van der Waals surface area contributed by atoms with E-state index in [1.807, 2.05) is 0 Å². The highest BCUT2D eigenvalue weighted by Crippen LogP contribution is 2.62. The molecule has 3 aromatic rings. The molecule has 2 aliphatic heterocycles. The van der Waals surface area contributed by atoms with Crippen LogP contribution in [-0.4, -0.2) is 109 Å². The number of aliphatic hydroxyl groups is 5. The fourth-order valence-corrected chi connectivity index (χ4v) is 6.06. The number of aromatic nitrogens is 6. The third kappa shape index (κ3) is 4.28. The Hall–Kier alpha value is -3.10. The van der Waals surface area contributed by atoms with Gasteiger partial charge in [-0.3, -0.25) is 13.7 Å². The number of aliphatic hydroxyl groups excluding tert-OH is 4. The molecule has 0 saturated carbocycles. The molecule has 0 spiro atoms. The minimum absolute atomic E-state index is 0.00370. The van der Waals surface area contributed by atoms with E-state index in [0.717, 1.165) is 21.8 Å². The number of nitrogens with two attached hydrogens (primary N) is 2. The summed E-state index contributed by atoms with van der Waals surface area (Å²) in [5, 5.41) is 49.7. The Morgan fingerprint density at radius 2 is 1.85 bits per heavy atom. The van der Waals surface area contributed by atoms with Crippen molar-refractivity contribution in [3.05, 3.63) is 35.4 Å². The van der Waals surface area contributed by atoms with Crippen LogP contribution in [-0.2, 0) is 18.6 Å². The maximum absolute atomic E-state index is 13.3. The van der Waals surface area contributed by atoms with E-state index in [1.165, 1.54) is 12.3 Å². The SMILES string of the molecule is Nc1ccn([C@@H]2O[C@H](COP(=O)(O)[C@@]3(O)[C@@H](CO)O[C@@H](n4cnc5c(N)ncnc54)[C@@H]3O)[C@@H](O)[C@H]2O)c(=O)n1. The number of rotatable bonds is 7. The lowest BCUT2D eigenvalue weighted by Gasteiger charge is -2.33. The van der Waals surface area contributed by atoms with Crippen molar-refractivity contribution in [2.45, 2.75) is 48.3 Å². The van der Waals surface area contributed by atoms with E-state index in [-0.39, 0.29) is 22.8 Å². The van der Waals surface area contributed by atoms with Gasteiger partial charge in [0.1, 0.15) is 48.2 Å². The third-order valence-electron chi connectivity index (χ3n) is 6.64. The molecular formula is C19H25N8O11P. The topological polar surface area (TPSA) is 297 Å². The zero-order chi connectivity index (χ0) is 28.3. The van der Waals surface area contributed by atoms with Crippen LogP contribution >= 0.6 is 7.60 Å². The molecular weight excluding hydrogens is 547 g/mol. The summed E-state index contributed by atoms with van der Waals surface area (Å²) in [5.74, 6) is -0.0867. The van der Waals surface area contributed by atoms with Crippen molar-refractivity contribution in [1.29, 1.82) is 0 Å². The van der Waals surface area contributed by atoms with Crippen molar-refractivity contribution in [1.82, 2.24) is 29.1 Å². The van der Waals surface area contributed by atoms with Crippen LogP contribution in [0.5, 0.6) is 0 Å². The summed E-state index contributed by atoms with van der Waals surface area (Å²) in [6.45, 7) is -1.91. The van der Waals surface area contributed by atoms with Gasteiger partial charge in [-0.1, -0.05) is 0 Å². The van der Waals surface area contributed by atoms with E-state index >= 15 is 0 Å². The monoisotopic (exact) mass is 572 g/mol. The minimum atomic E-state index is -5.34. The molecule has 9 atom stereocenters. The maximum Gasteiger partial charge on any atom is 0.365 e. The summed E-state index contributed by atoms with van der Waals surface area (Å²) in [7, 11) is -5.34. The Kier molecular flexibility index (Phi) is 6.92. The van der Waals surface area contributed by atoms with Gasteiger partial charge in [0.05, 0.1) is 19.5 Å². The summed E-state index contributed by atoms with van der Waals surface area (Å²) < 4.78 is 31.3. The van der Waals surface area contributed by atoms with Crippen molar-refractivity contribution in [3.63, 3.8) is 0 Å². The van der Waals surface area contributed by atoms with Crippen LogP contribution in [0.15, 0.2) is 29.7 Å². The van der Waals surface area contributed by atoms with Crippen LogP contribution in [0.2, 0.25) is 0 Å². The normalized spacial score (nSPS) is 34.5. The van der Waals surface area contributed by atoms with Crippen LogP contribution in [0.3, 0.4) is 0 Å². The standard InChI is InChI=1S/C19H25N8O11P/c20-9-1-2-26(18(32)25-9)16-12(30)11(29)7(37-16)4-36-39(34,35)19(33)8(3-28)38-17(13(19)31)27-6-24-10-14(21)22-5-23-15(10)27/h1-2,5-8,11-13,16-17,28-31,33H,3-4H2,(H,34,35)(H2,20,25,32)(H2,21,22,23)/t7-,8-,11-,12-,13+,16-,17-,19+/m1/s1. The second kappa shape index (κ2) is 9.82. The molecule has 2 saturated heterocycles. The first kappa shape index (κ1) is 27.5.